The van der Waals surface area contributed by atoms with Crippen LogP contribution in [0.3, 0.4) is 0 Å². The van der Waals surface area contributed by atoms with Crippen molar-refractivity contribution in [2.24, 2.45) is 0 Å². The molecule has 0 unspecified atom stereocenters. The van der Waals surface area contributed by atoms with Crippen molar-refractivity contribution < 1.29 is 14.6 Å². The summed E-state index contributed by atoms with van der Waals surface area (Å²) in [5.41, 5.74) is 3.31. The molecule has 152 valence electrons. The number of para-hydroxylation sites is 4. The van der Waals surface area contributed by atoms with Gasteiger partial charge < -0.3 is 19.4 Å². The Morgan fingerprint density at radius 1 is 1.20 bits per heavy atom. The van der Waals surface area contributed by atoms with Crippen LogP contribution in [0.15, 0.2) is 72.1 Å². The lowest BCUT2D eigenvalue weighted by molar-refractivity contribution is -0.133. The molecule has 0 amide bonds. The van der Waals surface area contributed by atoms with Crippen LogP contribution in [-0.4, -0.2) is 43.5 Å². The molecule has 4 rings (SSSR count). The summed E-state index contributed by atoms with van der Waals surface area (Å²) in [5.74, 6) is -0.405. The van der Waals surface area contributed by atoms with Gasteiger partial charge in [0, 0.05) is 6.54 Å². The summed E-state index contributed by atoms with van der Waals surface area (Å²) in [5, 5.41) is 11.5. The molecule has 30 heavy (non-hydrogen) atoms. The van der Waals surface area contributed by atoms with Crippen LogP contribution in [0.2, 0.25) is 0 Å². The Balaban J connectivity index is 1.69. The van der Waals surface area contributed by atoms with Gasteiger partial charge in [0.05, 0.1) is 34.9 Å². The second-order valence-corrected chi connectivity index (χ2v) is 7.43. The number of carbonyl (C=O) groups is 1. The molecule has 0 saturated heterocycles. The summed E-state index contributed by atoms with van der Waals surface area (Å²) in [6.45, 7) is 4.40. The third kappa shape index (κ3) is 3.69. The van der Waals surface area contributed by atoms with Crippen molar-refractivity contribution in [3.05, 3.63) is 72.8 Å². The van der Waals surface area contributed by atoms with E-state index in [4.69, 9.17) is 4.74 Å². The number of carbonyl (C=O) groups excluding carboxylic acids is 1. The molecule has 0 aliphatic heterocycles. The third-order valence-electron chi connectivity index (χ3n) is 4.57. The van der Waals surface area contributed by atoms with E-state index in [1.807, 2.05) is 53.1 Å². The Kier molecular flexibility index (Phi) is 5.58. The predicted molar refractivity (Wildman–Crippen MR) is 118 cm³/mol. The number of aromatic nitrogens is 4. The van der Waals surface area contributed by atoms with E-state index in [1.165, 1.54) is 18.9 Å². The molecule has 2 N–H and O–H groups in total. The lowest BCUT2D eigenvalue weighted by Crippen LogP contribution is -2.10. The smallest absolute Gasteiger partial charge is 0.345 e. The van der Waals surface area contributed by atoms with E-state index in [0.717, 1.165) is 21.7 Å². The SMILES string of the molecule is C=CCn1c(SCC(O)=C(C(=O)OC)c2nc3ccccc3[nH]2)nc2ccccc21. The fourth-order valence-corrected chi connectivity index (χ4v) is 4.10. The first-order valence-electron chi connectivity index (χ1n) is 9.27. The maximum Gasteiger partial charge on any atom is 0.345 e. The summed E-state index contributed by atoms with van der Waals surface area (Å²) in [7, 11) is 1.27. The van der Waals surface area contributed by atoms with Gasteiger partial charge in [0.15, 0.2) is 5.16 Å². The Labute approximate surface area is 177 Å². The summed E-state index contributed by atoms with van der Waals surface area (Å²) < 4.78 is 6.90. The first kappa shape index (κ1) is 19.8. The minimum Gasteiger partial charge on any atom is -0.510 e. The number of rotatable bonds is 7. The van der Waals surface area contributed by atoms with Gasteiger partial charge in [-0.3, -0.25) is 0 Å². The van der Waals surface area contributed by atoms with E-state index in [2.05, 4.69) is 21.5 Å². The number of fused-ring (bicyclic) bond motifs is 2. The monoisotopic (exact) mass is 420 g/mol. The quantitative estimate of drug-likeness (QED) is 0.152. The Hall–Kier alpha value is -3.52. The summed E-state index contributed by atoms with van der Waals surface area (Å²) in [6, 6.07) is 15.2. The zero-order chi connectivity index (χ0) is 21.1. The highest BCUT2D eigenvalue weighted by Crippen LogP contribution is 2.28. The number of thioether (sulfide) groups is 1. The Morgan fingerprint density at radius 3 is 2.67 bits per heavy atom. The molecule has 0 radical (unpaired) electrons. The van der Waals surface area contributed by atoms with Crippen LogP contribution in [0, 0.1) is 0 Å². The fraction of sp³-hybridized carbons (Fsp3) is 0.136. The molecule has 0 bridgehead atoms. The number of nitrogens with one attached hydrogen (secondary N) is 1. The maximum absolute atomic E-state index is 12.4. The number of benzene rings is 2. The van der Waals surface area contributed by atoms with E-state index in [1.54, 1.807) is 6.08 Å². The van der Waals surface area contributed by atoms with Crippen LogP contribution in [0.5, 0.6) is 0 Å². The zero-order valence-corrected chi connectivity index (χ0v) is 17.1. The van der Waals surface area contributed by atoms with Gasteiger partial charge in [-0.25, -0.2) is 14.8 Å². The average Bonchev–Trinajstić information content (AvgIpc) is 3.34. The largest absolute Gasteiger partial charge is 0.510 e. The number of methoxy groups -OCH3 is 1. The van der Waals surface area contributed by atoms with Crippen molar-refractivity contribution in [1.29, 1.82) is 0 Å². The van der Waals surface area contributed by atoms with Crippen molar-refractivity contribution in [1.82, 2.24) is 19.5 Å². The molecule has 0 saturated carbocycles. The van der Waals surface area contributed by atoms with Crippen molar-refractivity contribution in [2.75, 3.05) is 12.9 Å². The molecular formula is C22H20N4O3S. The second-order valence-electron chi connectivity index (χ2n) is 6.49. The van der Waals surface area contributed by atoms with Gasteiger partial charge >= 0.3 is 5.97 Å². The van der Waals surface area contributed by atoms with Gasteiger partial charge in [-0.1, -0.05) is 42.1 Å². The number of esters is 1. The molecule has 0 aliphatic carbocycles. The minimum absolute atomic E-state index is 0.00702. The highest BCUT2D eigenvalue weighted by molar-refractivity contribution is 7.99. The molecule has 4 aromatic rings. The van der Waals surface area contributed by atoms with Crippen molar-refractivity contribution in [3.8, 4) is 0 Å². The molecule has 7 nitrogen and oxygen atoms in total. The second kappa shape index (κ2) is 8.46. The predicted octanol–water partition coefficient (Wildman–Crippen LogP) is 4.33. The molecular weight excluding hydrogens is 400 g/mol. The number of H-pyrrole nitrogens is 1. The number of nitrogens with zero attached hydrogens (tertiary/aromatic N) is 3. The number of hydrogen-bond donors (Lipinski definition) is 2. The van der Waals surface area contributed by atoms with E-state index in [9.17, 15) is 9.90 Å². The van der Waals surface area contributed by atoms with E-state index >= 15 is 0 Å². The van der Waals surface area contributed by atoms with E-state index in [0.29, 0.717) is 12.1 Å². The zero-order valence-electron chi connectivity index (χ0n) is 16.3. The maximum atomic E-state index is 12.4. The molecule has 2 heterocycles. The Bertz CT molecular complexity index is 1240. The lowest BCUT2D eigenvalue weighted by Gasteiger charge is -2.08. The normalized spacial score (nSPS) is 12.2. The van der Waals surface area contributed by atoms with Crippen LogP contribution in [0.25, 0.3) is 27.6 Å². The number of aliphatic hydroxyl groups excluding tert-OH is 1. The average molecular weight is 420 g/mol. The fourth-order valence-electron chi connectivity index (χ4n) is 3.20. The molecule has 0 atom stereocenters. The molecule has 0 aliphatic rings. The first-order chi connectivity index (χ1) is 14.6. The van der Waals surface area contributed by atoms with Crippen LogP contribution < -0.4 is 0 Å². The summed E-state index contributed by atoms with van der Waals surface area (Å²) >= 11 is 1.33. The van der Waals surface area contributed by atoms with Gasteiger partial charge in [-0.2, -0.15) is 0 Å². The highest BCUT2D eigenvalue weighted by Gasteiger charge is 2.23. The number of ether oxygens (including phenoxy) is 1. The number of allylic oxidation sites excluding steroid dienone is 1. The van der Waals surface area contributed by atoms with Crippen LogP contribution in [-0.2, 0) is 16.1 Å². The van der Waals surface area contributed by atoms with Gasteiger partial charge in [0.1, 0.15) is 17.2 Å². The van der Waals surface area contributed by atoms with E-state index < -0.39 is 5.97 Å². The Morgan fingerprint density at radius 2 is 1.93 bits per heavy atom. The van der Waals surface area contributed by atoms with Crippen LogP contribution >= 0.6 is 11.8 Å². The third-order valence-corrected chi connectivity index (χ3v) is 5.56. The summed E-state index contributed by atoms with van der Waals surface area (Å²) in [6.07, 6.45) is 1.79. The minimum atomic E-state index is -0.660. The van der Waals surface area contributed by atoms with Gasteiger partial charge in [0.25, 0.3) is 0 Å². The number of imidazole rings is 2. The summed E-state index contributed by atoms with van der Waals surface area (Å²) in [4.78, 5) is 24.5. The number of hydrogen-bond acceptors (Lipinski definition) is 6. The van der Waals surface area contributed by atoms with Gasteiger partial charge in [-0.05, 0) is 24.3 Å². The first-order valence-corrected chi connectivity index (χ1v) is 10.3. The van der Waals surface area contributed by atoms with E-state index in [-0.39, 0.29) is 22.9 Å². The molecule has 2 aromatic heterocycles. The van der Waals surface area contributed by atoms with Crippen LogP contribution in [0.1, 0.15) is 5.82 Å². The van der Waals surface area contributed by atoms with Crippen molar-refractivity contribution in [3.63, 3.8) is 0 Å². The molecule has 2 aromatic carbocycles. The molecule has 8 heteroatoms. The number of aliphatic hydroxyl groups is 1. The molecule has 0 fully saturated rings. The topological polar surface area (TPSA) is 93.0 Å². The number of aromatic amines is 1. The van der Waals surface area contributed by atoms with Crippen molar-refractivity contribution in [2.45, 2.75) is 11.7 Å². The van der Waals surface area contributed by atoms with Crippen LogP contribution in [0.4, 0.5) is 0 Å². The standard InChI is InChI=1S/C22H20N4O3S/c1-3-12-26-17-11-7-6-10-16(17)25-22(26)30-13-18(27)19(21(28)29-2)20-23-14-8-4-5-9-15(14)24-20/h3-11,27H,1,12-13H2,2H3,(H,23,24). The molecule has 0 spiro atoms. The lowest BCUT2D eigenvalue weighted by atomic mass is 10.2. The van der Waals surface area contributed by atoms with Gasteiger partial charge in [-0.15, -0.1) is 6.58 Å². The van der Waals surface area contributed by atoms with Crippen molar-refractivity contribution >= 4 is 45.4 Å². The van der Waals surface area contributed by atoms with Gasteiger partial charge in [0.2, 0.25) is 0 Å². The highest BCUT2D eigenvalue weighted by atomic mass is 32.2.